The normalized spacial score (nSPS) is 13.8. The number of aliphatic hydroxyl groups excluding tert-OH is 2. The topological polar surface area (TPSA) is 81.6 Å². The van der Waals surface area contributed by atoms with E-state index < -0.39 is 5.54 Å². The van der Waals surface area contributed by atoms with Crippen LogP contribution in [-0.4, -0.2) is 41.4 Å². The van der Waals surface area contributed by atoms with Gasteiger partial charge < -0.3 is 20.8 Å². The van der Waals surface area contributed by atoms with Crippen molar-refractivity contribution in [2.75, 3.05) is 25.1 Å². The molecule has 0 spiro atoms. The quantitative estimate of drug-likeness (QED) is 0.625. The lowest BCUT2D eigenvalue weighted by atomic mass is 9.97. The molecular weight excluding hydrogens is 244 g/mol. The van der Waals surface area contributed by atoms with E-state index in [0.717, 1.165) is 18.7 Å². The molecule has 1 amide bonds. The van der Waals surface area contributed by atoms with Gasteiger partial charge in [0.25, 0.3) is 5.91 Å². The molecule has 1 aromatic rings. The Hall–Kier alpha value is -1.59. The van der Waals surface area contributed by atoms with Crippen molar-refractivity contribution in [3.63, 3.8) is 0 Å². The Labute approximate surface area is 112 Å². The molecule has 0 unspecified atom stereocenters. The molecule has 1 heterocycles. The highest BCUT2D eigenvalue weighted by molar-refractivity contribution is 5.96. The van der Waals surface area contributed by atoms with E-state index in [9.17, 15) is 15.0 Å². The van der Waals surface area contributed by atoms with Gasteiger partial charge in [-0.05, 0) is 30.5 Å². The van der Waals surface area contributed by atoms with Gasteiger partial charge in [0.1, 0.15) is 0 Å². The predicted molar refractivity (Wildman–Crippen MR) is 73.3 cm³/mol. The summed E-state index contributed by atoms with van der Waals surface area (Å²) in [5.74, 6) is -0.276. The van der Waals surface area contributed by atoms with E-state index in [0.29, 0.717) is 12.0 Å². The molecule has 0 saturated carbocycles. The summed E-state index contributed by atoms with van der Waals surface area (Å²) in [5.41, 5.74) is 1.78. The van der Waals surface area contributed by atoms with E-state index in [1.54, 1.807) is 6.07 Å². The Morgan fingerprint density at radius 1 is 1.42 bits per heavy atom. The maximum Gasteiger partial charge on any atom is 0.251 e. The van der Waals surface area contributed by atoms with Crippen LogP contribution in [0.5, 0.6) is 0 Å². The predicted octanol–water partition coefficient (Wildman–Crippen LogP) is 0.518. The van der Waals surface area contributed by atoms with Crippen LogP contribution in [0.2, 0.25) is 0 Å². The summed E-state index contributed by atoms with van der Waals surface area (Å²) in [4.78, 5) is 12.2. The third kappa shape index (κ3) is 2.72. The van der Waals surface area contributed by atoms with E-state index in [2.05, 4.69) is 10.6 Å². The second-order valence-electron chi connectivity index (χ2n) is 4.95. The summed E-state index contributed by atoms with van der Waals surface area (Å²) < 4.78 is 0. The number of anilines is 1. The number of rotatable bonds is 5. The van der Waals surface area contributed by atoms with Gasteiger partial charge in [-0.2, -0.15) is 0 Å². The van der Waals surface area contributed by atoms with E-state index in [1.807, 2.05) is 19.1 Å². The highest BCUT2D eigenvalue weighted by Gasteiger charge is 2.29. The van der Waals surface area contributed by atoms with Gasteiger partial charge in [-0.15, -0.1) is 0 Å². The van der Waals surface area contributed by atoms with Crippen molar-refractivity contribution in [3.05, 3.63) is 29.3 Å². The number of nitrogens with one attached hydrogen (secondary N) is 2. The Bertz CT molecular complexity index is 461. The minimum Gasteiger partial charge on any atom is -0.394 e. The second kappa shape index (κ2) is 5.59. The highest BCUT2D eigenvalue weighted by atomic mass is 16.3. The smallest absolute Gasteiger partial charge is 0.251 e. The lowest BCUT2D eigenvalue weighted by Crippen LogP contribution is -2.53. The van der Waals surface area contributed by atoms with Gasteiger partial charge in [0.2, 0.25) is 0 Å². The van der Waals surface area contributed by atoms with Crippen LogP contribution in [0.15, 0.2) is 18.2 Å². The van der Waals surface area contributed by atoms with Crippen LogP contribution in [0.3, 0.4) is 0 Å². The van der Waals surface area contributed by atoms with Crippen LogP contribution in [-0.2, 0) is 6.42 Å². The molecule has 0 bridgehead atoms. The van der Waals surface area contributed by atoms with Crippen molar-refractivity contribution in [2.24, 2.45) is 0 Å². The Morgan fingerprint density at radius 3 is 2.79 bits per heavy atom. The third-order valence-corrected chi connectivity index (χ3v) is 3.74. The average molecular weight is 264 g/mol. The minimum absolute atomic E-state index is 0.276. The molecule has 1 aliphatic rings. The van der Waals surface area contributed by atoms with Crippen LogP contribution in [0.4, 0.5) is 5.69 Å². The number of fused-ring (bicyclic) bond motifs is 1. The fourth-order valence-electron chi connectivity index (χ4n) is 2.19. The van der Waals surface area contributed by atoms with Gasteiger partial charge in [0, 0.05) is 17.8 Å². The fraction of sp³-hybridized carbons (Fsp3) is 0.500. The summed E-state index contributed by atoms with van der Waals surface area (Å²) in [6.07, 6.45) is 1.44. The largest absolute Gasteiger partial charge is 0.394 e. The first-order valence-corrected chi connectivity index (χ1v) is 6.55. The third-order valence-electron chi connectivity index (χ3n) is 3.74. The molecule has 5 heteroatoms. The van der Waals surface area contributed by atoms with Crippen molar-refractivity contribution >= 4 is 11.6 Å². The summed E-state index contributed by atoms with van der Waals surface area (Å²) in [6.45, 7) is 2.15. The zero-order valence-electron chi connectivity index (χ0n) is 11.1. The van der Waals surface area contributed by atoms with Gasteiger partial charge in [0.05, 0.1) is 18.8 Å². The van der Waals surface area contributed by atoms with Crippen LogP contribution in [0, 0.1) is 0 Å². The van der Waals surface area contributed by atoms with E-state index in [1.165, 1.54) is 5.56 Å². The summed E-state index contributed by atoms with van der Waals surface area (Å²) in [7, 11) is 0. The van der Waals surface area contributed by atoms with Crippen molar-refractivity contribution in [1.82, 2.24) is 5.32 Å². The Kier molecular flexibility index (Phi) is 4.07. The van der Waals surface area contributed by atoms with Crippen molar-refractivity contribution in [1.29, 1.82) is 0 Å². The van der Waals surface area contributed by atoms with E-state index in [-0.39, 0.29) is 19.1 Å². The fourth-order valence-corrected chi connectivity index (χ4v) is 2.19. The average Bonchev–Trinajstić information content (AvgIpc) is 2.92. The number of aliphatic hydroxyl groups is 2. The highest BCUT2D eigenvalue weighted by Crippen LogP contribution is 2.23. The molecule has 104 valence electrons. The minimum atomic E-state index is -0.955. The Balaban J connectivity index is 2.16. The van der Waals surface area contributed by atoms with Crippen LogP contribution < -0.4 is 10.6 Å². The number of hydrogen-bond acceptors (Lipinski definition) is 4. The molecule has 0 atom stereocenters. The molecule has 1 aromatic carbocycles. The monoisotopic (exact) mass is 264 g/mol. The number of benzene rings is 1. The first kappa shape index (κ1) is 13.8. The molecule has 0 radical (unpaired) electrons. The molecule has 0 fully saturated rings. The number of hydrogen-bond donors (Lipinski definition) is 4. The number of amides is 1. The summed E-state index contributed by atoms with van der Waals surface area (Å²) in [6, 6.07) is 5.53. The zero-order chi connectivity index (χ0) is 13.9. The summed E-state index contributed by atoms with van der Waals surface area (Å²) >= 11 is 0. The van der Waals surface area contributed by atoms with Crippen molar-refractivity contribution in [3.8, 4) is 0 Å². The molecule has 0 aliphatic carbocycles. The molecular formula is C14H20N2O3. The van der Waals surface area contributed by atoms with Gasteiger partial charge in [0.15, 0.2) is 0 Å². The molecule has 2 rings (SSSR count). The van der Waals surface area contributed by atoms with Crippen LogP contribution in [0.1, 0.15) is 29.3 Å². The van der Waals surface area contributed by atoms with Crippen LogP contribution >= 0.6 is 0 Å². The van der Waals surface area contributed by atoms with Crippen molar-refractivity contribution < 1.29 is 15.0 Å². The lowest BCUT2D eigenvalue weighted by molar-refractivity contribution is 0.0653. The molecule has 4 N–H and O–H groups in total. The number of carbonyl (C=O) groups is 1. The first-order valence-electron chi connectivity index (χ1n) is 6.55. The van der Waals surface area contributed by atoms with Gasteiger partial charge >= 0.3 is 0 Å². The first-order chi connectivity index (χ1) is 9.14. The zero-order valence-corrected chi connectivity index (χ0v) is 11.1. The lowest BCUT2D eigenvalue weighted by Gasteiger charge is -2.29. The molecule has 1 aliphatic heterocycles. The van der Waals surface area contributed by atoms with Crippen LogP contribution in [0.25, 0.3) is 0 Å². The van der Waals surface area contributed by atoms with E-state index in [4.69, 9.17) is 0 Å². The number of carbonyl (C=O) groups excluding carboxylic acids is 1. The van der Waals surface area contributed by atoms with Crippen molar-refractivity contribution in [2.45, 2.75) is 25.3 Å². The second-order valence-corrected chi connectivity index (χ2v) is 4.95. The molecule has 0 aromatic heterocycles. The van der Waals surface area contributed by atoms with Gasteiger partial charge in [-0.3, -0.25) is 4.79 Å². The standard InChI is InChI=1S/C14H20N2O3/c1-2-14(8-17,9-18)16-13(19)11-4-3-10-5-6-15-12(10)7-11/h3-4,7,15,17-18H,2,5-6,8-9H2,1H3,(H,16,19). The Morgan fingerprint density at radius 2 is 2.16 bits per heavy atom. The van der Waals surface area contributed by atoms with E-state index >= 15 is 0 Å². The maximum atomic E-state index is 12.2. The molecule has 19 heavy (non-hydrogen) atoms. The van der Waals surface area contributed by atoms with Gasteiger partial charge in [-0.1, -0.05) is 13.0 Å². The van der Waals surface area contributed by atoms with Gasteiger partial charge in [-0.25, -0.2) is 0 Å². The maximum absolute atomic E-state index is 12.2. The molecule has 5 nitrogen and oxygen atoms in total. The summed E-state index contributed by atoms with van der Waals surface area (Å²) in [5, 5.41) is 24.6. The molecule has 0 saturated heterocycles. The SMILES string of the molecule is CCC(CO)(CO)NC(=O)c1ccc2c(c1)NCC2.